The summed E-state index contributed by atoms with van der Waals surface area (Å²) in [5.41, 5.74) is 1.14. The SMILES string of the molecule is CCCC(NCC1CCCO1)c1cccc([N+](=O)[O-])c1. The highest BCUT2D eigenvalue weighted by atomic mass is 16.6. The summed E-state index contributed by atoms with van der Waals surface area (Å²) >= 11 is 0. The van der Waals surface area contributed by atoms with Crippen LogP contribution in [0.25, 0.3) is 0 Å². The number of benzene rings is 1. The Bertz CT molecular complexity index is 444. The van der Waals surface area contributed by atoms with Crippen LogP contribution in [0.3, 0.4) is 0 Å². The van der Waals surface area contributed by atoms with Crippen molar-refractivity contribution in [3.8, 4) is 0 Å². The van der Waals surface area contributed by atoms with Crippen LogP contribution in [-0.4, -0.2) is 24.2 Å². The summed E-state index contributed by atoms with van der Waals surface area (Å²) in [5.74, 6) is 0. The van der Waals surface area contributed by atoms with Gasteiger partial charge in [-0.3, -0.25) is 10.1 Å². The maximum absolute atomic E-state index is 10.9. The number of nitro benzene ring substituents is 1. The van der Waals surface area contributed by atoms with Crippen molar-refractivity contribution in [2.75, 3.05) is 13.2 Å². The lowest BCUT2D eigenvalue weighted by atomic mass is 10.0. The molecule has 110 valence electrons. The third-order valence-corrected chi connectivity index (χ3v) is 3.68. The number of nitro groups is 1. The summed E-state index contributed by atoms with van der Waals surface area (Å²) < 4.78 is 5.61. The van der Waals surface area contributed by atoms with Crippen LogP contribution in [0.1, 0.15) is 44.2 Å². The molecule has 1 saturated heterocycles. The number of non-ortho nitro benzene ring substituents is 1. The van der Waals surface area contributed by atoms with E-state index in [4.69, 9.17) is 4.74 Å². The van der Waals surface area contributed by atoms with E-state index in [-0.39, 0.29) is 22.8 Å². The van der Waals surface area contributed by atoms with Gasteiger partial charge in [0.1, 0.15) is 0 Å². The van der Waals surface area contributed by atoms with Gasteiger partial charge in [0.25, 0.3) is 5.69 Å². The molecular weight excluding hydrogens is 256 g/mol. The van der Waals surface area contributed by atoms with Crippen molar-refractivity contribution in [1.29, 1.82) is 0 Å². The molecule has 1 aliphatic rings. The molecule has 20 heavy (non-hydrogen) atoms. The molecule has 5 heteroatoms. The van der Waals surface area contributed by atoms with Crippen LogP contribution in [0, 0.1) is 10.1 Å². The van der Waals surface area contributed by atoms with Gasteiger partial charge in [-0.1, -0.05) is 25.5 Å². The largest absolute Gasteiger partial charge is 0.377 e. The Kier molecular flexibility index (Phi) is 5.49. The van der Waals surface area contributed by atoms with E-state index in [1.807, 2.05) is 6.07 Å². The predicted molar refractivity (Wildman–Crippen MR) is 77.7 cm³/mol. The van der Waals surface area contributed by atoms with Gasteiger partial charge in [-0.05, 0) is 24.8 Å². The van der Waals surface area contributed by atoms with Crippen molar-refractivity contribution in [2.45, 2.75) is 44.8 Å². The zero-order chi connectivity index (χ0) is 14.4. The van der Waals surface area contributed by atoms with Crippen LogP contribution in [0.5, 0.6) is 0 Å². The average Bonchev–Trinajstić information content (AvgIpc) is 2.97. The van der Waals surface area contributed by atoms with Gasteiger partial charge in [0.15, 0.2) is 0 Å². The van der Waals surface area contributed by atoms with Gasteiger partial charge in [-0.2, -0.15) is 0 Å². The molecule has 1 N–H and O–H groups in total. The van der Waals surface area contributed by atoms with Crippen LogP contribution >= 0.6 is 0 Å². The summed E-state index contributed by atoms with van der Waals surface area (Å²) in [7, 11) is 0. The monoisotopic (exact) mass is 278 g/mol. The van der Waals surface area contributed by atoms with Gasteiger partial charge in [-0.25, -0.2) is 0 Å². The van der Waals surface area contributed by atoms with E-state index in [0.29, 0.717) is 0 Å². The van der Waals surface area contributed by atoms with Crippen molar-refractivity contribution in [3.05, 3.63) is 39.9 Å². The maximum atomic E-state index is 10.9. The van der Waals surface area contributed by atoms with Gasteiger partial charge >= 0.3 is 0 Å². The Labute approximate surface area is 119 Å². The summed E-state index contributed by atoms with van der Waals surface area (Å²) in [5, 5.41) is 14.4. The smallest absolute Gasteiger partial charge is 0.269 e. The van der Waals surface area contributed by atoms with Gasteiger partial charge in [0, 0.05) is 31.3 Å². The first-order chi connectivity index (χ1) is 9.70. The second-order valence-electron chi connectivity index (χ2n) is 5.24. The third kappa shape index (κ3) is 4.02. The second kappa shape index (κ2) is 7.36. The fourth-order valence-corrected chi connectivity index (χ4v) is 2.61. The summed E-state index contributed by atoms with van der Waals surface area (Å²) in [4.78, 5) is 10.5. The molecule has 1 heterocycles. The molecule has 1 aromatic rings. The van der Waals surface area contributed by atoms with E-state index in [0.717, 1.165) is 44.4 Å². The van der Waals surface area contributed by atoms with E-state index in [9.17, 15) is 10.1 Å². The number of hydrogen-bond donors (Lipinski definition) is 1. The van der Waals surface area contributed by atoms with Crippen molar-refractivity contribution in [2.24, 2.45) is 0 Å². The maximum Gasteiger partial charge on any atom is 0.269 e. The molecule has 2 atom stereocenters. The van der Waals surface area contributed by atoms with Crippen molar-refractivity contribution >= 4 is 5.69 Å². The lowest BCUT2D eigenvalue weighted by molar-refractivity contribution is -0.384. The van der Waals surface area contributed by atoms with Crippen LogP contribution in [-0.2, 0) is 4.74 Å². The zero-order valence-electron chi connectivity index (χ0n) is 11.9. The lowest BCUT2D eigenvalue weighted by Gasteiger charge is -2.20. The predicted octanol–water partition coefficient (Wildman–Crippen LogP) is 3.20. The fourth-order valence-electron chi connectivity index (χ4n) is 2.61. The Balaban J connectivity index is 2.02. The average molecular weight is 278 g/mol. The zero-order valence-corrected chi connectivity index (χ0v) is 11.9. The van der Waals surface area contributed by atoms with E-state index in [1.54, 1.807) is 12.1 Å². The standard InChI is InChI=1S/C15H22N2O3/c1-2-5-15(16-11-14-8-4-9-20-14)12-6-3-7-13(10-12)17(18)19/h3,6-7,10,14-16H,2,4-5,8-9,11H2,1H3. The van der Waals surface area contributed by atoms with E-state index >= 15 is 0 Å². The number of rotatable bonds is 7. The molecule has 5 nitrogen and oxygen atoms in total. The Hall–Kier alpha value is -1.46. The van der Waals surface area contributed by atoms with Crippen molar-refractivity contribution < 1.29 is 9.66 Å². The molecule has 0 spiro atoms. The lowest BCUT2D eigenvalue weighted by Crippen LogP contribution is -2.30. The number of hydrogen-bond acceptors (Lipinski definition) is 4. The quantitative estimate of drug-likeness (QED) is 0.614. The van der Waals surface area contributed by atoms with E-state index in [2.05, 4.69) is 12.2 Å². The molecule has 0 bridgehead atoms. The fraction of sp³-hybridized carbons (Fsp3) is 0.600. The first-order valence-electron chi connectivity index (χ1n) is 7.30. The molecule has 2 unspecified atom stereocenters. The molecular formula is C15H22N2O3. The van der Waals surface area contributed by atoms with E-state index < -0.39 is 0 Å². The van der Waals surface area contributed by atoms with Gasteiger partial charge in [0.05, 0.1) is 11.0 Å². The molecule has 0 amide bonds. The molecule has 1 aliphatic heterocycles. The highest BCUT2D eigenvalue weighted by Crippen LogP contribution is 2.23. The van der Waals surface area contributed by atoms with Crippen LogP contribution in [0.2, 0.25) is 0 Å². The Morgan fingerprint density at radius 2 is 2.40 bits per heavy atom. The van der Waals surface area contributed by atoms with Crippen molar-refractivity contribution in [3.63, 3.8) is 0 Å². The molecule has 0 aromatic heterocycles. The number of nitrogens with one attached hydrogen (secondary N) is 1. The number of nitrogens with zero attached hydrogens (tertiary/aromatic N) is 1. The normalized spacial score (nSPS) is 19.9. The topological polar surface area (TPSA) is 64.4 Å². The third-order valence-electron chi connectivity index (χ3n) is 3.68. The van der Waals surface area contributed by atoms with Crippen molar-refractivity contribution in [1.82, 2.24) is 5.32 Å². The Morgan fingerprint density at radius 3 is 3.05 bits per heavy atom. The minimum Gasteiger partial charge on any atom is -0.377 e. The van der Waals surface area contributed by atoms with Gasteiger partial charge in [-0.15, -0.1) is 0 Å². The molecule has 1 aromatic carbocycles. The van der Waals surface area contributed by atoms with Crippen LogP contribution in [0.4, 0.5) is 5.69 Å². The van der Waals surface area contributed by atoms with Gasteiger partial charge < -0.3 is 10.1 Å². The first kappa shape index (κ1) is 14.9. The second-order valence-corrected chi connectivity index (χ2v) is 5.24. The molecule has 0 saturated carbocycles. The molecule has 0 aliphatic carbocycles. The molecule has 1 fully saturated rings. The summed E-state index contributed by atoms with van der Waals surface area (Å²) in [6, 6.07) is 7.07. The Morgan fingerprint density at radius 1 is 1.55 bits per heavy atom. The van der Waals surface area contributed by atoms with E-state index in [1.165, 1.54) is 6.07 Å². The van der Waals surface area contributed by atoms with Gasteiger partial charge in [0.2, 0.25) is 0 Å². The highest BCUT2D eigenvalue weighted by Gasteiger charge is 2.19. The molecule has 0 radical (unpaired) electrons. The number of ether oxygens (including phenoxy) is 1. The first-order valence-corrected chi connectivity index (χ1v) is 7.30. The van der Waals surface area contributed by atoms with Crippen LogP contribution in [0.15, 0.2) is 24.3 Å². The minimum atomic E-state index is -0.341. The summed E-state index contributed by atoms with van der Waals surface area (Å²) in [6.45, 7) is 3.78. The highest BCUT2D eigenvalue weighted by molar-refractivity contribution is 5.35. The summed E-state index contributed by atoms with van der Waals surface area (Å²) in [6.07, 6.45) is 4.51. The van der Waals surface area contributed by atoms with Crippen LogP contribution < -0.4 is 5.32 Å². The minimum absolute atomic E-state index is 0.155. The molecule has 2 rings (SSSR count).